The molecule has 1 N–H and O–H groups in total. The van der Waals surface area contributed by atoms with E-state index < -0.39 is 10.0 Å². The molecular formula is C24H25N3O4S. The summed E-state index contributed by atoms with van der Waals surface area (Å²) in [5.41, 5.74) is 5.08. The molecule has 0 aromatic heterocycles. The molecule has 0 bridgehead atoms. The van der Waals surface area contributed by atoms with Gasteiger partial charge in [0.15, 0.2) is 0 Å². The molecule has 0 aliphatic heterocycles. The van der Waals surface area contributed by atoms with Crippen molar-refractivity contribution in [3.05, 3.63) is 95.6 Å². The van der Waals surface area contributed by atoms with E-state index in [0.717, 1.165) is 16.9 Å². The third-order valence-electron chi connectivity index (χ3n) is 4.56. The number of anilines is 1. The fourth-order valence-electron chi connectivity index (χ4n) is 2.97. The molecule has 8 heteroatoms. The van der Waals surface area contributed by atoms with Gasteiger partial charge in [-0.25, -0.2) is 13.8 Å². The minimum Gasteiger partial charge on any atom is -0.494 e. The van der Waals surface area contributed by atoms with Crippen molar-refractivity contribution < 1.29 is 17.9 Å². The van der Waals surface area contributed by atoms with Crippen molar-refractivity contribution in [1.29, 1.82) is 0 Å². The second kappa shape index (κ2) is 10.6. The minimum absolute atomic E-state index is 0.167. The van der Waals surface area contributed by atoms with Gasteiger partial charge in [0.2, 0.25) is 10.0 Å². The van der Waals surface area contributed by atoms with Crippen LogP contribution >= 0.6 is 0 Å². The maximum absolute atomic E-state index is 12.3. The Morgan fingerprint density at radius 3 is 2.25 bits per heavy atom. The van der Waals surface area contributed by atoms with Crippen LogP contribution in [0, 0.1) is 0 Å². The summed E-state index contributed by atoms with van der Waals surface area (Å²) >= 11 is 0. The van der Waals surface area contributed by atoms with Gasteiger partial charge in [-0.2, -0.15) is 5.10 Å². The van der Waals surface area contributed by atoms with Gasteiger partial charge in [0.1, 0.15) is 5.75 Å². The maximum atomic E-state index is 12.3. The number of para-hydroxylation sites is 1. The number of rotatable bonds is 9. The lowest BCUT2D eigenvalue weighted by molar-refractivity contribution is 0.0955. The van der Waals surface area contributed by atoms with Gasteiger partial charge in [0.05, 0.1) is 31.3 Å². The van der Waals surface area contributed by atoms with Crippen molar-refractivity contribution in [2.45, 2.75) is 13.5 Å². The first-order valence-electron chi connectivity index (χ1n) is 10.0. The van der Waals surface area contributed by atoms with Crippen LogP contribution in [0.5, 0.6) is 5.75 Å². The Balaban J connectivity index is 1.62. The summed E-state index contributed by atoms with van der Waals surface area (Å²) < 4.78 is 31.2. The predicted octanol–water partition coefficient (Wildman–Crippen LogP) is 3.82. The second-order valence-electron chi connectivity index (χ2n) is 7.00. The number of ether oxygens (including phenoxy) is 1. The molecule has 0 unspecified atom stereocenters. The molecule has 0 spiro atoms. The Bertz CT molecular complexity index is 1160. The highest BCUT2D eigenvalue weighted by atomic mass is 32.2. The average Bonchev–Trinajstić information content (AvgIpc) is 2.79. The van der Waals surface area contributed by atoms with Crippen LogP contribution in [0.2, 0.25) is 0 Å². The van der Waals surface area contributed by atoms with Gasteiger partial charge in [-0.05, 0) is 66.6 Å². The first-order valence-corrected chi connectivity index (χ1v) is 11.9. The van der Waals surface area contributed by atoms with Crippen LogP contribution < -0.4 is 14.5 Å². The SMILES string of the molecule is CCOc1ccc(/C=N\NC(=O)c2ccc(CN(c3ccccc3)S(C)(=O)=O)cc2)cc1. The van der Waals surface area contributed by atoms with Crippen molar-refractivity contribution in [2.24, 2.45) is 5.10 Å². The summed E-state index contributed by atoms with van der Waals surface area (Å²) in [5, 5.41) is 3.98. The van der Waals surface area contributed by atoms with Crippen LogP contribution in [0.3, 0.4) is 0 Å². The zero-order valence-corrected chi connectivity index (χ0v) is 18.7. The number of hydrazone groups is 1. The van der Waals surface area contributed by atoms with Crippen LogP contribution in [0.4, 0.5) is 5.69 Å². The Labute approximate surface area is 188 Å². The molecule has 0 heterocycles. The maximum Gasteiger partial charge on any atom is 0.271 e. The monoisotopic (exact) mass is 451 g/mol. The zero-order valence-electron chi connectivity index (χ0n) is 17.9. The van der Waals surface area contributed by atoms with E-state index in [1.54, 1.807) is 54.7 Å². The number of amides is 1. The van der Waals surface area contributed by atoms with Crippen LogP contribution in [-0.4, -0.2) is 33.4 Å². The van der Waals surface area contributed by atoms with Crippen molar-refractivity contribution in [3.63, 3.8) is 0 Å². The summed E-state index contributed by atoms with van der Waals surface area (Å²) in [6.45, 7) is 2.68. The molecule has 0 saturated carbocycles. The number of benzene rings is 3. The summed E-state index contributed by atoms with van der Waals surface area (Å²) in [6, 6.07) is 23.0. The fourth-order valence-corrected chi connectivity index (χ4v) is 3.86. The largest absolute Gasteiger partial charge is 0.494 e. The predicted molar refractivity (Wildman–Crippen MR) is 127 cm³/mol. The number of carbonyl (C=O) groups is 1. The normalized spacial score (nSPS) is 11.3. The summed E-state index contributed by atoms with van der Waals surface area (Å²) in [7, 11) is -3.46. The molecule has 166 valence electrons. The standard InChI is InChI=1S/C24H25N3O4S/c1-3-31-23-15-11-19(12-16-23)17-25-26-24(28)21-13-9-20(10-14-21)18-27(32(2,29)30)22-7-5-4-6-8-22/h4-17H,3,18H2,1-2H3,(H,26,28)/b25-17-. The molecule has 3 aromatic carbocycles. The Morgan fingerprint density at radius 1 is 1.00 bits per heavy atom. The quantitative estimate of drug-likeness (QED) is 0.396. The highest BCUT2D eigenvalue weighted by molar-refractivity contribution is 7.92. The minimum atomic E-state index is -3.46. The van der Waals surface area contributed by atoms with Gasteiger partial charge in [0.25, 0.3) is 5.91 Å². The third kappa shape index (κ3) is 6.42. The van der Waals surface area contributed by atoms with E-state index >= 15 is 0 Å². The second-order valence-corrected chi connectivity index (χ2v) is 8.91. The Kier molecular flexibility index (Phi) is 7.62. The van der Waals surface area contributed by atoms with E-state index in [2.05, 4.69) is 10.5 Å². The summed E-state index contributed by atoms with van der Waals surface area (Å²) in [6.07, 6.45) is 2.72. The van der Waals surface area contributed by atoms with E-state index in [-0.39, 0.29) is 12.5 Å². The first-order chi connectivity index (χ1) is 15.4. The molecule has 0 fully saturated rings. The Morgan fingerprint density at radius 2 is 1.66 bits per heavy atom. The van der Waals surface area contributed by atoms with Crippen molar-refractivity contribution in [3.8, 4) is 5.75 Å². The molecule has 0 aliphatic rings. The molecule has 0 saturated heterocycles. The van der Waals surface area contributed by atoms with E-state index in [0.29, 0.717) is 17.9 Å². The number of sulfonamides is 1. The fraction of sp³-hybridized carbons (Fsp3) is 0.167. The van der Waals surface area contributed by atoms with Crippen LogP contribution in [0.15, 0.2) is 84.0 Å². The number of nitrogens with one attached hydrogen (secondary N) is 1. The van der Waals surface area contributed by atoms with Gasteiger partial charge in [-0.15, -0.1) is 0 Å². The lowest BCUT2D eigenvalue weighted by atomic mass is 10.1. The van der Waals surface area contributed by atoms with Crippen LogP contribution in [-0.2, 0) is 16.6 Å². The molecular weight excluding hydrogens is 426 g/mol. The lowest BCUT2D eigenvalue weighted by Gasteiger charge is -2.22. The molecule has 0 radical (unpaired) electrons. The van der Waals surface area contributed by atoms with Gasteiger partial charge >= 0.3 is 0 Å². The Hall–Kier alpha value is -3.65. The first kappa shape index (κ1) is 23.0. The average molecular weight is 452 g/mol. The van der Waals surface area contributed by atoms with Crippen LogP contribution in [0.1, 0.15) is 28.4 Å². The van der Waals surface area contributed by atoms with Crippen molar-refractivity contribution in [2.75, 3.05) is 17.2 Å². The van der Waals surface area contributed by atoms with Gasteiger partial charge in [-0.1, -0.05) is 30.3 Å². The van der Waals surface area contributed by atoms with Crippen LogP contribution in [0.25, 0.3) is 0 Å². The molecule has 1 amide bonds. The van der Waals surface area contributed by atoms with Crippen molar-refractivity contribution >= 4 is 27.8 Å². The third-order valence-corrected chi connectivity index (χ3v) is 5.70. The lowest BCUT2D eigenvalue weighted by Crippen LogP contribution is -2.29. The van der Waals surface area contributed by atoms with Gasteiger partial charge in [-0.3, -0.25) is 9.10 Å². The highest BCUT2D eigenvalue weighted by Gasteiger charge is 2.17. The molecule has 0 atom stereocenters. The molecule has 3 aromatic rings. The number of carbonyl (C=O) groups excluding carboxylic acids is 1. The van der Waals surface area contributed by atoms with Gasteiger partial charge < -0.3 is 4.74 Å². The highest BCUT2D eigenvalue weighted by Crippen LogP contribution is 2.20. The molecule has 32 heavy (non-hydrogen) atoms. The van der Waals surface area contributed by atoms with E-state index in [4.69, 9.17) is 4.74 Å². The number of hydrogen-bond donors (Lipinski definition) is 1. The number of nitrogens with zero attached hydrogens (tertiary/aromatic N) is 2. The van der Waals surface area contributed by atoms with E-state index in [1.165, 1.54) is 10.6 Å². The number of hydrogen-bond acceptors (Lipinski definition) is 5. The molecule has 7 nitrogen and oxygen atoms in total. The summed E-state index contributed by atoms with van der Waals surface area (Å²) in [4.78, 5) is 12.3. The topological polar surface area (TPSA) is 88.1 Å². The zero-order chi connectivity index (χ0) is 23.0. The molecule has 0 aliphatic carbocycles. The summed E-state index contributed by atoms with van der Waals surface area (Å²) in [5.74, 6) is 0.414. The van der Waals surface area contributed by atoms with E-state index in [1.807, 2.05) is 37.3 Å². The molecule has 3 rings (SSSR count). The van der Waals surface area contributed by atoms with Gasteiger partial charge in [0, 0.05) is 5.56 Å². The smallest absolute Gasteiger partial charge is 0.271 e. The van der Waals surface area contributed by atoms with Crippen molar-refractivity contribution in [1.82, 2.24) is 5.43 Å². The van der Waals surface area contributed by atoms with E-state index in [9.17, 15) is 13.2 Å².